The van der Waals surface area contributed by atoms with Crippen LogP contribution in [0.5, 0.6) is 5.75 Å². The molecule has 1 aromatic heterocycles. The lowest BCUT2D eigenvalue weighted by molar-refractivity contribution is 0.416. The summed E-state index contributed by atoms with van der Waals surface area (Å²) in [6.45, 7) is 3.83. The van der Waals surface area contributed by atoms with E-state index in [0.29, 0.717) is 27.6 Å². The van der Waals surface area contributed by atoms with E-state index in [2.05, 4.69) is 25.8 Å². The molecule has 3 aromatic rings. The summed E-state index contributed by atoms with van der Waals surface area (Å²) in [5.74, 6) is 1.48. The van der Waals surface area contributed by atoms with Gasteiger partial charge in [0.1, 0.15) is 5.75 Å². The quantitative estimate of drug-likeness (QED) is 0.617. The lowest BCUT2D eigenvalue weighted by Gasteiger charge is -2.13. The average Bonchev–Trinajstić information content (AvgIpc) is 2.62. The van der Waals surface area contributed by atoms with Gasteiger partial charge in [0.25, 0.3) is 0 Å². The number of hydrogen-bond donors (Lipinski definition) is 2. The molecule has 0 fully saturated rings. The van der Waals surface area contributed by atoms with Crippen molar-refractivity contribution in [2.45, 2.75) is 13.8 Å². The maximum Gasteiger partial charge on any atom is 0.249 e. The molecule has 0 bridgehead atoms. The van der Waals surface area contributed by atoms with Gasteiger partial charge in [0.2, 0.25) is 5.95 Å². The van der Waals surface area contributed by atoms with Crippen molar-refractivity contribution >= 4 is 46.3 Å². The van der Waals surface area contributed by atoms with Crippen LogP contribution in [0.1, 0.15) is 11.1 Å². The van der Waals surface area contributed by atoms with Crippen LogP contribution in [-0.4, -0.2) is 22.3 Å². The highest BCUT2D eigenvalue weighted by atomic mass is 35.5. The van der Waals surface area contributed by atoms with E-state index in [1.165, 1.54) is 6.20 Å². The van der Waals surface area contributed by atoms with E-state index >= 15 is 0 Å². The van der Waals surface area contributed by atoms with Crippen molar-refractivity contribution in [2.75, 3.05) is 17.7 Å². The Morgan fingerprint density at radius 1 is 1.00 bits per heavy atom. The number of nitrogens with zero attached hydrogens (tertiary/aromatic N) is 3. The van der Waals surface area contributed by atoms with Crippen LogP contribution in [0, 0.1) is 13.8 Å². The molecule has 0 radical (unpaired) electrons. The summed E-state index contributed by atoms with van der Waals surface area (Å²) in [5.41, 5.74) is 3.38. The third-order valence-corrected chi connectivity index (χ3v) is 4.63. The fourth-order valence-corrected chi connectivity index (χ4v) is 2.68. The fraction of sp³-hybridized carbons (Fsp3) is 0.167. The molecule has 0 amide bonds. The number of benzene rings is 2. The van der Waals surface area contributed by atoms with E-state index in [-0.39, 0.29) is 0 Å². The van der Waals surface area contributed by atoms with Crippen LogP contribution in [0.4, 0.5) is 23.1 Å². The summed E-state index contributed by atoms with van der Waals surface area (Å²) < 4.78 is 5.37. The molecule has 2 aromatic carbocycles. The molecule has 3 rings (SSSR count). The zero-order valence-corrected chi connectivity index (χ0v) is 16.0. The monoisotopic (exact) mass is 389 g/mol. The Morgan fingerprint density at radius 2 is 1.81 bits per heavy atom. The Kier molecular flexibility index (Phi) is 5.44. The lowest BCUT2D eigenvalue weighted by atomic mass is 10.2. The first-order valence-electron chi connectivity index (χ1n) is 7.81. The minimum atomic E-state index is 0.352. The largest absolute Gasteiger partial charge is 0.495 e. The summed E-state index contributed by atoms with van der Waals surface area (Å²) in [7, 11) is 1.58. The summed E-state index contributed by atoms with van der Waals surface area (Å²) >= 11 is 12.3. The summed E-state index contributed by atoms with van der Waals surface area (Å²) in [6, 6.07) is 9.22. The number of ether oxygens (including phenoxy) is 1. The topological polar surface area (TPSA) is 72.0 Å². The Bertz CT molecular complexity index is 949. The molecule has 0 unspecified atom stereocenters. The van der Waals surface area contributed by atoms with Crippen LogP contribution < -0.4 is 15.4 Å². The van der Waals surface area contributed by atoms with E-state index in [1.54, 1.807) is 13.2 Å². The molecule has 26 heavy (non-hydrogen) atoms. The number of nitrogens with one attached hydrogen (secondary N) is 2. The van der Waals surface area contributed by atoms with Crippen molar-refractivity contribution in [1.29, 1.82) is 0 Å². The van der Waals surface area contributed by atoms with Crippen molar-refractivity contribution in [2.24, 2.45) is 0 Å². The molecule has 0 aliphatic rings. The van der Waals surface area contributed by atoms with Gasteiger partial charge in [-0.05, 0) is 43.2 Å². The van der Waals surface area contributed by atoms with E-state index in [1.807, 2.05) is 38.1 Å². The van der Waals surface area contributed by atoms with Gasteiger partial charge in [0.05, 0.1) is 19.0 Å². The number of anilines is 4. The van der Waals surface area contributed by atoms with Crippen LogP contribution >= 0.6 is 23.2 Å². The van der Waals surface area contributed by atoms with Crippen LogP contribution in [0.25, 0.3) is 0 Å². The van der Waals surface area contributed by atoms with Gasteiger partial charge >= 0.3 is 0 Å². The van der Waals surface area contributed by atoms with Crippen molar-refractivity contribution in [3.05, 3.63) is 57.7 Å². The molecule has 1 heterocycles. The second-order valence-corrected chi connectivity index (χ2v) is 6.44. The van der Waals surface area contributed by atoms with E-state index in [4.69, 9.17) is 27.9 Å². The van der Waals surface area contributed by atoms with Crippen molar-refractivity contribution in [3.8, 4) is 5.75 Å². The van der Waals surface area contributed by atoms with Crippen molar-refractivity contribution in [3.63, 3.8) is 0 Å². The number of halogens is 2. The molecule has 134 valence electrons. The maximum absolute atomic E-state index is 6.15. The van der Waals surface area contributed by atoms with Gasteiger partial charge in [0.15, 0.2) is 5.82 Å². The first-order chi connectivity index (χ1) is 12.5. The van der Waals surface area contributed by atoms with Gasteiger partial charge in [-0.1, -0.05) is 29.3 Å². The highest BCUT2D eigenvalue weighted by molar-refractivity contribution is 6.32. The van der Waals surface area contributed by atoms with Crippen LogP contribution in [0.3, 0.4) is 0 Å². The van der Waals surface area contributed by atoms with Crippen molar-refractivity contribution < 1.29 is 4.74 Å². The minimum absolute atomic E-state index is 0.352. The Balaban J connectivity index is 1.86. The fourth-order valence-electron chi connectivity index (χ4n) is 2.35. The Morgan fingerprint density at radius 3 is 2.58 bits per heavy atom. The van der Waals surface area contributed by atoms with Gasteiger partial charge in [-0.3, -0.25) is 0 Å². The van der Waals surface area contributed by atoms with Crippen molar-refractivity contribution in [1.82, 2.24) is 15.2 Å². The molecule has 0 atom stereocenters. The third kappa shape index (κ3) is 3.98. The summed E-state index contributed by atoms with van der Waals surface area (Å²) in [6.07, 6.45) is 1.53. The normalized spacial score (nSPS) is 10.5. The second-order valence-electron chi connectivity index (χ2n) is 5.63. The second kappa shape index (κ2) is 7.76. The molecule has 0 aliphatic heterocycles. The van der Waals surface area contributed by atoms with Crippen LogP contribution in [-0.2, 0) is 0 Å². The molecule has 0 spiro atoms. The number of aryl methyl sites for hydroxylation is 1. The summed E-state index contributed by atoms with van der Waals surface area (Å²) in [5, 5.41) is 15.6. The Labute approximate surface area is 161 Å². The van der Waals surface area contributed by atoms with Gasteiger partial charge in [-0.2, -0.15) is 10.1 Å². The predicted octanol–water partition coefficient (Wildman–Crippen LogP) is 5.29. The molecular weight excluding hydrogens is 373 g/mol. The van der Waals surface area contributed by atoms with E-state index in [0.717, 1.165) is 22.5 Å². The zero-order chi connectivity index (χ0) is 18.7. The summed E-state index contributed by atoms with van der Waals surface area (Å²) in [4.78, 5) is 4.43. The molecule has 6 nitrogen and oxygen atoms in total. The van der Waals surface area contributed by atoms with E-state index in [9.17, 15) is 0 Å². The molecular formula is C18H17Cl2N5O. The number of rotatable bonds is 5. The lowest BCUT2D eigenvalue weighted by Crippen LogP contribution is -2.04. The third-order valence-electron chi connectivity index (χ3n) is 3.82. The molecule has 0 saturated carbocycles. The predicted molar refractivity (Wildman–Crippen MR) is 105 cm³/mol. The van der Waals surface area contributed by atoms with Crippen LogP contribution in [0.15, 0.2) is 36.5 Å². The van der Waals surface area contributed by atoms with Gasteiger partial charge in [-0.15, -0.1) is 5.10 Å². The first-order valence-corrected chi connectivity index (χ1v) is 8.56. The van der Waals surface area contributed by atoms with Gasteiger partial charge in [-0.25, -0.2) is 0 Å². The number of methoxy groups -OCH3 is 1. The van der Waals surface area contributed by atoms with E-state index < -0.39 is 0 Å². The highest BCUT2D eigenvalue weighted by Gasteiger charge is 2.10. The maximum atomic E-state index is 6.15. The minimum Gasteiger partial charge on any atom is -0.495 e. The van der Waals surface area contributed by atoms with Crippen LogP contribution in [0.2, 0.25) is 10.0 Å². The smallest absolute Gasteiger partial charge is 0.249 e. The molecule has 2 N–H and O–H groups in total. The zero-order valence-electron chi connectivity index (χ0n) is 14.5. The standard InChI is InChI=1S/C18H17Cl2N5O/c1-10-7-15(16(26-3)8-13(10)20)22-17-9-21-25-18(24-17)23-14-6-4-5-12(19)11(14)2/h4-9H,1-3H3,(H2,22,23,24,25). The van der Waals surface area contributed by atoms with Gasteiger partial charge in [0, 0.05) is 21.8 Å². The molecule has 0 aliphatic carbocycles. The number of aromatic nitrogens is 3. The average molecular weight is 390 g/mol. The Hall–Kier alpha value is -2.57. The SMILES string of the molecule is COc1cc(Cl)c(C)cc1Nc1cnnc(Nc2cccc(Cl)c2C)n1. The highest BCUT2D eigenvalue weighted by Crippen LogP contribution is 2.32. The first kappa shape index (κ1) is 18.2. The number of hydrogen-bond acceptors (Lipinski definition) is 6. The van der Waals surface area contributed by atoms with Gasteiger partial charge < -0.3 is 15.4 Å². The molecule has 0 saturated heterocycles. The molecule has 8 heteroatoms.